The number of nitrogens with two attached hydrogens (primary N) is 1. The van der Waals surface area contributed by atoms with Crippen molar-refractivity contribution in [1.29, 1.82) is 0 Å². The molecule has 4 rings (SSSR count). The van der Waals surface area contributed by atoms with Crippen molar-refractivity contribution >= 4 is 11.6 Å². The van der Waals surface area contributed by atoms with E-state index in [9.17, 15) is 0 Å². The molecule has 0 bridgehead atoms. The SMILES string of the molecule is CN1CCN(CCCN=C(N)Nc2ccc3c(c2)OCCCO3)C(c2ccccc2)C1. The molecule has 0 aliphatic carbocycles. The lowest BCUT2D eigenvalue weighted by atomic mass is 10.0. The molecule has 2 aromatic carbocycles. The van der Waals surface area contributed by atoms with Gasteiger partial charge in [-0.1, -0.05) is 30.3 Å². The second-order valence-corrected chi connectivity index (χ2v) is 8.18. The Morgan fingerprint density at radius 1 is 1.10 bits per heavy atom. The Hall–Kier alpha value is -2.77. The van der Waals surface area contributed by atoms with Crippen LogP contribution in [0, 0.1) is 0 Å². The maximum absolute atomic E-state index is 6.11. The predicted octanol–water partition coefficient (Wildman–Crippen LogP) is 2.95. The fourth-order valence-corrected chi connectivity index (χ4v) is 4.12. The van der Waals surface area contributed by atoms with Crippen molar-refractivity contribution in [2.75, 3.05) is 58.3 Å². The highest BCUT2D eigenvalue weighted by molar-refractivity contribution is 5.92. The summed E-state index contributed by atoms with van der Waals surface area (Å²) in [6.45, 7) is 6.27. The van der Waals surface area contributed by atoms with Crippen molar-refractivity contribution in [2.45, 2.75) is 18.9 Å². The quantitative estimate of drug-likeness (QED) is 0.423. The zero-order chi connectivity index (χ0) is 21.5. The van der Waals surface area contributed by atoms with Crippen LogP contribution < -0.4 is 20.5 Å². The van der Waals surface area contributed by atoms with Gasteiger partial charge in [0.2, 0.25) is 0 Å². The summed E-state index contributed by atoms with van der Waals surface area (Å²) in [5.41, 5.74) is 8.35. The highest BCUT2D eigenvalue weighted by Crippen LogP contribution is 2.32. The number of hydrogen-bond donors (Lipinski definition) is 2. The molecule has 1 fully saturated rings. The van der Waals surface area contributed by atoms with Gasteiger partial charge in [0.15, 0.2) is 17.5 Å². The number of aliphatic imine (C=N–C) groups is 1. The third kappa shape index (κ3) is 5.89. The number of ether oxygens (including phenoxy) is 2. The van der Waals surface area contributed by atoms with E-state index in [1.54, 1.807) is 0 Å². The van der Waals surface area contributed by atoms with E-state index in [4.69, 9.17) is 15.2 Å². The summed E-state index contributed by atoms with van der Waals surface area (Å²) >= 11 is 0. The maximum atomic E-state index is 6.11. The molecule has 166 valence electrons. The molecule has 2 aliphatic rings. The van der Waals surface area contributed by atoms with E-state index in [1.807, 2.05) is 18.2 Å². The Morgan fingerprint density at radius 3 is 2.74 bits per heavy atom. The van der Waals surface area contributed by atoms with Crippen LogP contribution in [0.5, 0.6) is 11.5 Å². The van der Waals surface area contributed by atoms with E-state index in [-0.39, 0.29) is 0 Å². The van der Waals surface area contributed by atoms with Crippen LogP contribution in [0.4, 0.5) is 5.69 Å². The number of guanidine groups is 1. The zero-order valence-corrected chi connectivity index (χ0v) is 18.3. The van der Waals surface area contributed by atoms with E-state index in [1.165, 1.54) is 5.56 Å². The largest absolute Gasteiger partial charge is 0.490 e. The molecule has 7 nitrogen and oxygen atoms in total. The highest BCUT2D eigenvalue weighted by Gasteiger charge is 2.25. The topological polar surface area (TPSA) is 75.4 Å². The maximum Gasteiger partial charge on any atom is 0.193 e. The first-order chi connectivity index (χ1) is 15.2. The van der Waals surface area contributed by atoms with Gasteiger partial charge in [0.1, 0.15) is 0 Å². The zero-order valence-electron chi connectivity index (χ0n) is 18.3. The molecule has 0 saturated carbocycles. The number of likely N-dealkylation sites (N-methyl/N-ethyl adjacent to an activating group) is 1. The van der Waals surface area contributed by atoms with Crippen molar-refractivity contribution in [3.8, 4) is 11.5 Å². The first-order valence-electron chi connectivity index (χ1n) is 11.1. The summed E-state index contributed by atoms with van der Waals surface area (Å²) in [6.07, 6.45) is 1.86. The summed E-state index contributed by atoms with van der Waals surface area (Å²) < 4.78 is 11.4. The number of hydrogen-bond acceptors (Lipinski definition) is 5. The molecule has 3 N–H and O–H groups in total. The molecule has 1 saturated heterocycles. The molecule has 7 heteroatoms. The monoisotopic (exact) mass is 423 g/mol. The fraction of sp³-hybridized carbons (Fsp3) is 0.458. The van der Waals surface area contributed by atoms with Gasteiger partial charge in [-0.15, -0.1) is 0 Å². The van der Waals surface area contributed by atoms with Crippen molar-refractivity contribution in [1.82, 2.24) is 9.80 Å². The van der Waals surface area contributed by atoms with E-state index >= 15 is 0 Å². The summed E-state index contributed by atoms with van der Waals surface area (Å²) in [5, 5.41) is 3.16. The second-order valence-electron chi connectivity index (χ2n) is 8.18. The molecule has 0 radical (unpaired) electrons. The summed E-state index contributed by atoms with van der Waals surface area (Å²) in [6, 6.07) is 17.0. The Balaban J connectivity index is 1.28. The Bertz CT molecular complexity index is 874. The van der Waals surface area contributed by atoms with Gasteiger partial charge in [-0.3, -0.25) is 9.89 Å². The van der Waals surface area contributed by atoms with Crippen molar-refractivity contribution < 1.29 is 9.47 Å². The lowest BCUT2D eigenvalue weighted by Crippen LogP contribution is -2.47. The van der Waals surface area contributed by atoms with Crippen LogP contribution >= 0.6 is 0 Å². The number of rotatable bonds is 6. The Kier molecular flexibility index (Phi) is 7.27. The summed E-state index contributed by atoms with van der Waals surface area (Å²) in [7, 11) is 2.20. The van der Waals surface area contributed by atoms with Gasteiger partial charge in [0, 0.05) is 56.9 Å². The van der Waals surface area contributed by atoms with Crippen LogP contribution in [-0.2, 0) is 0 Å². The molecule has 0 spiro atoms. The van der Waals surface area contributed by atoms with Gasteiger partial charge in [0.25, 0.3) is 0 Å². The van der Waals surface area contributed by atoms with Crippen molar-refractivity contribution in [3.05, 3.63) is 54.1 Å². The minimum Gasteiger partial charge on any atom is -0.490 e. The van der Waals surface area contributed by atoms with Gasteiger partial charge in [-0.2, -0.15) is 0 Å². The van der Waals surface area contributed by atoms with E-state index in [0.717, 1.165) is 56.2 Å². The van der Waals surface area contributed by atoms with Crippen LogP contribution in [0.1, 0.15) is 24.4 Å². The first-order valence-corrected chi connectivity index (χ1v) is 11.1. The number of benzene rings is 2. The molecule has 2 heterocycles. The van der Waals surface area contributed by atoms with Crippen molar-refractivity contribution in [3.63, 3.8) is 0 Å². The number of nitrogens with zero attached hydrogens (tertiary/aromatic N) is 3. The minimum absolute atomic E-state index is 0.424. The molecule has 31 heavy (non-hydrogen) atoms. The highest BCUT2D eigenvalue weighted by atomic mass is 16.5. The molecular weight excluding hydrogens is 390 g/mol. The predicted molar refractivity (Wildman–Crippen MR) is 125 cm³/mol. The molecular formula is C24H33N5O2. The molecule has 0 aromatic heterocycles. The molecule has 2 aliphatic heterocycles. The van der Waals surface area contributed by atoms with Gasteiger partial charge in [0.05, 0.1) is 13.2 Å². The van der Waals surface area contributed by atoms with E-state index < -0.39 is 0 Å². The molecule has 2 aromatic rings. The molecule has 1 atom stereocenters. The van der Waals surface area contributed by atoms with Crippen molar-refractivity contribution in [2.24, 2.45) is 10.7 Å². The smallest absolute Gasteiger partial charge is 0.193 e. The number of anilines is 1. The normalized spacial score (nSPS) is 20.3. The van der Waals surface area contributed by atoms with Crippen LogP contribution in [0.15, 0.2) is 53.5 Å². The third-order valence-electron chi connectivity index (χ3n) is 5.78. The summed E-state index contributed by atoms with van der Waals surface area (Å²) in [5.74, 6) is 1.95. The fourth-order valence-electron chi connectivity index (χ4n) is 4.12. The lowest BCUT2D eigenvalue weighted by molar-refractivity contribution is 0.0894. The first kappa shape index (κ1) is 21.5. The van der Waals surface area contributed by atoms with Gasteiger partial charge in [-0.05, 0) is 31.2 Å². The third-order valence-corrected chi connectivity index (χ3v) is 5.78. The van der Waals surface area contributed by atoms with E-state index in [0.29, 0.717) is 31.8 Å². The van der Waals surface area contributed by atoms with Gasteiger partial charge >= 0.3 is 0 Å². The Labute approximate surface area is 184 Å². The van der Waals surface area contributed by atoms with Gasteiger partial charge < -0.3 is 25.4 Å². The average molecular weight is 424 g/mol. The standard InChI is InChI=1S/C24H33N5O2/c1-28-13-14-29(21(18-28)19-7-3-2-4-8-19)12-5-11-26-24(25)27-20-9-10-22-23(17-20)31-16-6-15-30-22/h2-4,7-10,17,21H,5-6,11-16,18H2,1H3,(H3,25,26,27). The van der Waals surface area contributed by atoms with E-state index in [2.05, 4.69) is 57.5 Å². The summed E-state index contributed by atoms with van der Waals surface area (Å²) in [4.78, 5) is 9.50. The minimum atomic E-state index is 0.424. The number of piperazine rings is 1. The molecule has 0 amide bonds. The Morgan fingerprint density at radius 2 is 1.90 bits per heavy atom. The second kappa shape index (κ2) is 10.5. The molecule has 1 unspecified atom stereocenters. The number of fused-ring (bicyclic) bond motifs is 1. The van der Waals surface area contributed by atoms with Crippen LogP contribution in [0.25, 0.3) is 0 Å². The van der Waals surface area contributed by atoms with Gasteiger partial charge in [-0.25, -0.2) is 0 Å². The van der Waals surface area contributed by atoms with Crippen LogP contribution in [-0.4, -0.2) is 68.7 Å². The average Bonchev–Trinajstić information content (AvgIpc) is 3.03. The lowest BCUT2D eigenvalue weighted by Gasteiger charge is -2.40. The van der Waals surface area contributed by atoms with Crippen LogP contribution in [0.3, 0.4) is 0 Å². The number of nitrogens with one attached hydrogen (secondary N) is 1. The van der Waals surface area contributed by atoms with Crippen LogP contribution in [0.2, 0.25) is 0 Å².